The average Bonchev–Trinajstić information content (AvgIpc) is 3.19. The fourth-order valence-corrected chi connectivity index (χ4v) is 4.05. The summed E-state index contributed by atoms with van der Waals surface area (Å²) in [6, 6.07) is 8.94. The quantitative estimate of drug-likeness (QED) is 0.813. The van der Waals surface area contributed by atoms with Gasteiger partial charge in [0.1, 0.15) is 23.7 Å². The number of amides is 1. The van der Waals surface area contributed by atoms with Gasteiger partial charge in [0.15, 0.2) is 0 Å². The van der Waals surface area contributed by atoms with E-state index in [9.17, 15) is 9.18 Å². The number of halogens is 1. The van der Waals surface area contributed by atoms with Crippen LogP contribution in [0.25, 0.3) is 10.9 Å². The van der Waals surface area contributed by atoms with E-state index in [2.05, 4.69) is 16.0 Å². The summed E-state index contributed by atoms with van der Waals surface area (Å²) in [5.74, 6) is 0.307. The van der Waals surface area contributed by atoms with Crippen LogP contribution >= 0.6 is 0 Å². The fraction of sp³-hybridized carbons (Fsp3) is 0.476. The summed E-state index contributed by atoms with van der Waals surface area (Å²) in [6.07, 6.45) is 4.51. The molecule has 7 heteroatoms. The lowest BCUT2D eigenvalue weighted by Gasteiger charge is -2.33. The van der Waals surface area contributed by atoms with Crippen LogP contribution < -0.4 is 4.74 Å². The number of aromatic nitrogens is 1. The van der Waals surface area contributed by atoms with E-state index in [-0.39, 0.29) is 23.9 Å². The zero-order valence-electron chi connectivity index (χ0n) is 15.7. The van der Waals surface area contributed by atoms with Crippen molar-refractivity contribution >= 4 is 16.8 Å². The third kappa shape index (κ3) is 3.92. The average molecular weight is 382 g/mol. The minimum Gasteiger partial charge on any atom is -0.490 e. The number of hydrogen-bond acceptors (Lipinski definition) is 5. The number of pyridine rings is 1. The van der Waals surface area contributed by atoms with E-state index in [4.69, 9.17) is 10.00 Å². The Kier molecular flexibility index (Phi) is 5.40. The van der Waals surface area contributed by atoms with E-state index in [1.807, 2.05) is 18.2 Å². The topological polar surface area (TPSA) is 69.5 Å². The molecular formula is C21H23FN4O2. The fourth-order valence-electron chi connectivity index (χ4n) is 4.05. The number of rotatable bonds is 4. The monoisotopic (exact) mass is 382 g/mol. The van der Waals surface area contributed by atoms with Gasteiger partial charge in [-0.05, 0) is 43.9 Å². The summed E-state index contributed by atoms with van der Waals surface area (Å²) in [6.45, 7) is 2.56. The molecule has 2 aliphatic rings. The van der Waals surface area contributed by atoms with Crippen molar-refractivity contribution in [1.82, 2.24) is 14.8 Å². The lowest BCUT2D eigenvalue weighted by atomic mass is 10.1. The van der Waals surface area contributed by atoms with E-state index in [0.717, 1.165) is 38.8 Å². The second-order valence-corrected chi connectivity index (χ2v) is 7.44. The molecule has 1 unspecified atom stereocenters. The van der Waals surface area contributed by atoms with E-state index >= 15 is 0 Å². The van der Waals surface area contributed by atoms with Crippen LogP contribution in [0.1, 0.15) is 25.7 Å². The normalized spacial score (nSPS) is 21.0. The molecule has 2 aromatic rings. The predicted octanol–water partition coefficient (Wildman–Crippen LogP) is 2.73. The van der Waals surface area contributed by atoms with Crippen LogP contribution in [-0.4, -0.2) is 59.0 Å². The van der Waals surface area contributed by atoms with Gasteiger partial charge in [0, 0.05) is 25.0 Å². The molecule has 0 spiro atoms. The van der Waals surface area contributed by atoms with Crippen molar-refractivity contribution in [3.8, 4) is 11.8 Å². The largest absolute Gasteiger partial charge is 0.490 e. The first kappa shape index (κ1) is 18.6. The number of carbonyl (C=O) groups is 1. The number of benzene rings is 1. The Balaban J connectivity index is 1.33. The zero-order chi connectivity index (χ0) is 19.5. The van der Waals surface area contributed by atoms with Crippen molar-refractivity contribution < 1.29 is 13.9 Å². The Hall–Kier alpha value is -2.72. The Bertz CT molecular complexity index is 905. The van der Waals surface area contributed by atoms with E-state index in [1.165, 1.54) is 12.3 Å². The third-order valence-corrected chi connectivity index (χ3v) is 5.56. The number of carbonyl (C=O) groups excluding carboxylic acids is 1. The Morgan fingerprint density at radius 3 is 2.89 bits per heavy atom. The maximum Gasteiger partial charge on any atom is 0.237 e. The molecular weight excluding hydrogens is 359 g/mol. The molecule has 2 aliphatic heterocycles. The molecule has 2 saturated heterocycles. The van der Waals surface area contributed by atoms with Crippen LogP contribution in [0.5, 0.6) is 5.75 Å². The second-order valence-electron chi connectivity index (χ2n) is 7.44. The van der Waals surface area contributed by atoms with Gasteiger partial charge in [-0.3, -0.25) is 14.7 Å². The first-order chi connectivity index (χ1) is 13.6. The van der Waals surface area contributed by atoms with Crippen LogP contribution in [0.4, 0.5) is 4.39 Å². The van der Waals surface area contributed by atoms with Gasteiger partial charge in [0.25, 0.3) is 0 Å². The molecule has 2 fully saturated rings. The van der Waals surface area contributed by atoms with Crippen LogP contribution in [0.3, 0.4) is 0 Å². The smallest absolute Gasteiger partial charge is 0.237 e. The van der Waals surface area contributed by atoms with Gasteiger partial charge < -0.3 is 9.64 Å². The van der Waals surface area contributed by atoms with E-state index in [1.54, 1.807) is 4.90 Å². The molecule has 1 aromatic heterocycles. The number of piperidine rings is 1. The van der Waals surface area contributed by atoms with Crippen LogP contribution in [0, 0.1) is 17.1 Å². The minimum absolute atomic E-state index is 0.0267. The second kappa shape index (κ2) is 8.11. The Morgan fingerprint density at radius 2 is 2.11 bits per heavy atom. The maximum absolute atomic E-state index is 13.6. The van der Waals surface area contributed by atoms with Gasteiger partial charge in [-0.15, -0.1) is 0 Å². The minimum atomic E-state index is -0.380. The Labute approximate surface area is 163 Å². The van der Waals surface area contributed by atoms with Crippen molar-refractivity contribution in [2.24, 2.45) is 0 Å². The number of hydrogen-bond donors (Lipinski definition) is 0. The highest BCUT2D eigenvalue weighted by Crippen LogP contribution is 2.28. The first-order valence-corrected chi connectivity index (χ1v) is 9.76. The number of nitrogens with zero attached hydrogens (tertiary/aromatic N) is 4. The standard InChI is InChI=1S/C21H23FN4O2/c22-15-11-18-19(24-13-15)4-1-5-20(18)28-17-6-9-25(10-7-17)14-21(27)26-8-2-3-16(26)12-23/h1,4-5,11,13,16-17H,2-3,6-10,14H2. The SMILES string of the molecule is N#CC1CCCN1C(=O)CN1CCC(Oc2cccc3ncc(F)cc23)CC1. The van der Waals surface area contributed by atoms with Crippen molar-refractivity contribution in [3.05, 3.63) is 36.3 Å². The molecule has 0 radical (unpaired) electrons. The van der Waals surface area contributed by atoms with Crippen molar-refractivity contribution in [2.75, 3.05) is 26.2 Å². The van der Waals surface area contributed by atoms with Gasteiger partial charge in [-0.25, -0.2) is 4.39 Å². The maximum atomic E-state index is 13.6. The highest BCUT2D eigenvalue weighted by molar-refractivity contribution is 5.85. The van der Waals surface area contributed by atoms with Gasteiger partial charge in [0.05, 0.1) is 24.3 Å². The predicted molar refractivity (Wildman–Crippen MR) is 102 cm³/mol. The Morgan fingerprint density at radius 1 is 1.29 bits per heavy atom. The molecule has 0 N–H and O–H groups in total. The molecule has 3 heterocycles. The molecule has 28 heavy (non-hydrogen) atoms. The van der Waals surface area contributed by atoms with Gasteiger partial charge in [-0.2, -0.15) is 5.26 Å². The number of likely N-dealkylation sites (tertiary alicyclic amines) is 2. The van der Waals surface area contributed by atoms with Crippen molar-refractivity contribution in [3.63, 3.8) is 0 Å². The number of nitriles is 1. The zero-order valence-corrected chi connectivity index (χ0v) is 15.7. The molecule has 0 saturated carbocycles. The lowest BCUT2D eigenvalue weighted by molar-refractivity contribution is -0.132. The lowest BCUT2D eigenvalue weighted by Crippen LogP contribution is -2.46. The highest BCUT2D eigenvalue weighted by Gasteiger charge is 2.30. The molecule has 0 aliphatic carbocycles. The summed E-state index contributed by atoms with van der Waals surface area (Å²) >= 11 is 0. The van der Waals surface area contributed by atoms with Gasteiger partial charge >= 0.3 is 0 Å². The number of ether oxygens (including phenoxy) is 1. The summed E-state index contributed by atoms with van der Waals surface area (Å²) in [4.78, 5) is 20.4. The van der Waals surface area contributed by atoms with Crippen molar-refractivity contribution in [2.45, 2.75) is 37.8 Å². The molecule has 1 aromatic carbocycles. The van der Waals surface area contributed by atoms with Gasteiger partial charge in [0.2, 0.25) is 5.91 Å². The highest BCUT2D eigenvalue weighted by atomic mass is 19.1. The van der Waals surface area contributed by atoms with Crippen molar-refractivity contribution in [1.29, 1.82) is 5.26 Å². The van der Waals surface area contributed by atoms with Crippen LogP contribution in [-0.2, 0) is 4.79 Å². The molecule has 4 rings (SSSR count). The summed E-state index contributed by atoms with van der Waals surface area (Å²) in [7, 11) is 0. The van der Waals surface area contributed by atoms with E-state index in [0.29, 0.717) is 29.7 Å². The van der Waals surface area contributed by atoms with E-state index < -0.39 is 0 Å². The summed E-state index contributed by atoms with van der Waals surface area (Å²) < 4.78 is 19.7. The summed E-state index contributed by atoms with van der Waals surface area (Å²) in [5, 5.41) is 9.83. The molecule has 6 nitrogen and oxygen atoms in total. The molecule has 0 bridgehead atoms. The summed E-state index contributed by atoms with van der Waals surface area (Å²) in [5.41, 5.74) is 0.708. The van der Waals surface area contributed by atoms with Gasteiger partial charge in [-0.1, -0.05) is 6.07 Å². The molecule has 1 amide bonds. The van der Waals surface area contributed by atoms with Crippen LogP contribution in [0.15, 0.2) is 30.5 Å². The van der Waals surface area contributed by atoms with Crippen LogP contribution in [0.2, 0.25) is 0 Å². The first-order valence-electron chi connectivity index (χ1n) is 9.76. The third-order valence-electron chi connectivity index (χ3n) is 5.56. The molecule has 1 atom stereocenters. The number of fused-ring (bicyclic) bond motifs is 1. The molecule has 146 valence electrons.